The summed E-state index contributed by atoms with van der Waals surface area (Å²) in [7, 11) is 0. The molecule has 162 valence electrons. The van der Waals surface area contributed by atoms with Gasteiger partial charge >= 0.3 is 6.18 Å². The lowest BCUT2D eigenvalue weighted by Gasteiger charge is -2.24. The normalized spacial score (nSPS) is 15.1. The van der Waals surface area contributed by atoms with Crippen LogP contribution in [-0.2, 0) is 6.18 Å². The second kappa shape index (κ2) is 8.50. The van der Waals surface area contributed by atoms with Gasteiger partial charge in [-0.1, -0.05) is 11.6 Å². The van der Waals surface area contributed by atoms with Crippen molar-refractivity contribution >= 4 is 23.3 Å². The highest BCUT2D eigenvalue weighted by Crippen LogP contribution is 2.33. The number of benzene rings is 1. The highest BCUT2D eigenvalue weighted by Gasteiger charge is 2.32. The highest BCUT2D eigenvalue weighted by atomic mass is 35.5. The molecule has 0 aliphatic carbocycles. The van der Waals surface area contributed by atoms with Crippen molar-refractivity contribution in [3.8, 4) is 5.69 Å². The zero-order valence-corrected chi connectivity index (χ0v) is 16.9. The molecule has 31 heavy (non-hydrogen) atoms. The molecule has 1 aromatic carbocycles. The Balaban J connectivity index is 1.44. The monoisotopic (exact) mass is 451 g/mol. The number of amides is 1. The van der Waals surface area contributed by atoms with Crippen LogP contribution < -0.4 is 4.90 Å². The molecular formula is C19H17ClF3N7O. The van der Waals surface area contributed by atoms with Crippen molar-refractivity contribution in [2.45, 2.75) is 12.6 Å². The van der Waals surface area contributed by atoms with E-state index in [1.165, 1.54) is 11.0 Å². The highest BCUT2D eigenvalue weighted by molar-refractivity contribution is 6.33. The second-order valence-electron chi connectivity index (χ2n) is 6.96. The molecule has 0 atom stereocenters. The summed E-state index contributed by atoms with van der Waals surface area (Å²) in [6.45, 7) is 1.85. The lowest BCUT2D eigenvalue weighted by Crippen LogP contribution is -2.35. The summed E-state index contributed by atoms with van der Waals surface area (Å²) < 4.78 is 40.0. The van der Waals surface area contributed by atoms with Crippen LogP contribution in [0.1, 0.15) is 22.3 Å². The molecule has 0 spiro atoms. The molecule has 4 rings (SSSR count). The Bertz CT molecular complexity index is 1060. The maximum atomic E-state index is 12.9. The van der Waals surface area contributed by atoms with Gasteiger partial charge in [0.05, 0.1) is 16.3 Å². The number of carbonyl (C=O) groups is 1. The van der Waals surface area contributed by atoms with E-state index in [-0.39, 0.29) is 16.7 Å². The predicted octanol–water partition coefficient (Wildman–Crippen LogP) is 3.08. The number of pyridine rings is 1. The van der Waals surface area contributed by atoms with Crippen molar-refractivity contribution in [3.63, 3.8) is 0 Å². The molecule has 0 N–H and O–H groups in total. The molecule has 0 bridgehead atoms. The molecule has 0 saturated carbocycles. The van der Waals surface area contributed by atoms with Gasteiger partial charge < -0.3 is 9.80 Å². The first-order valence-corrected chi connectivity index (χ1v) is 9.81. The molecule has 1 amide bonds. The van der Waals surface area contributed by atoms with Gasteiger partial charge in [-0.3, -0.25) is 4.79 Å². The molecule has 12 heteroatoms. The average molecular weight is 452 g/mol. The van der Waals surface area contributed by atoms with Crippen LogP contribution in [0.25, 0.3) is 5.69 Å². The van der Waals surface area contributed by atoms with E-state index in [0.717, 1.165) is 18.0 Å². The maximum Gasteiger partial charge on any atom is 0.417 e. The smallest absolute Gasteiger partial charge is 0.354 e. The van der Waals surface area contributed by atoms with Crippen LogP contribution >= 0.6 is 11.6 Å². The van der Waals surface area contributed by atoms with Crippen LogP contribution in [0.3, 0.4) is 0 Å². The van der Waals surface area contributed by atoms with Crippen LogP contribution in [-0.4, -0.2) is 62.2 Å². The molecule has 3 aromatic rings. The summed E-state index contributed by atoms with van der Waals surface area (Å²) in [5.41, 5.74) is 0.362. The average Bonchev–Trinajstić information content (AvgIpc) is 3.18. The Morgan fingerprint density at radius 3 is 2.48 bits per heavy atom. The van der Waals surface area contributed by atoms with Gasteiger partial charge in [-0.15, -0.1) is 5.10 Å². The number of nitrogens with zero attached hydrogens (tertiary/aromatic N) is 7. The van der Waals surface area contributed by atoms with Crippen molar-refractivity contribution < 1.29 is 18.0 Å². The number of aromatic nitrogens is 5. The van der Waals surface area contributed by atoms with Crippen LogP contribution in [0.15, 0.2) is 42.9 Å². The Morgan fingerprint density at radius 1 is 1.06 bits per heavy atom. The predicted molar refractivity (Wildman–Crippen MR) is 106 cm³/mol. The van der Waals surface area contributed by atoms with Gasteiger partial charge in [0.15, 0.2) is 0 Å². The SMILES string of the molecule is O=C(c1ccc(-n2cnnn2)cc1)N1CCCN(c2ncc(C(F)(F)F)cc2Cl)CC1. The van der Waals surface area contributed by atoms with Gasteiger partial charge in [-0.05, 0) is 47.2 Å². The Labute approximate surface area is 180 Å². The Kier molecular flexibility index (Phi) is 5.77. The first kappa shape index (κ1) is 21.0. The molecule has 3 heterocycles. The molecule has 1 saturated heterocycles. The van der Waals surface area contributed by atoms with Crippen LogP contribution in [0, 0.1) is 0 Å². The van der Waals surface area contributed by atoms with E-state index in [0.29, 0.717) is 38.2 Å². The number of rotatable bonds is 3. The van der Waals surface area contributed by atoms with Gasteiger partial charge in [0.1, 0.15) is 12.1 Å². The number of hydrogen-bond donors (Lipinski definition) is 0. The molecule has 1 aliphatic rings. The molecule has 1 aliphatic heterocycles. The van der Waals surface area contributed by atoms with Crippen molar-refractivity contribution in [1.29, 1.82) is 0 Å². The molecule has 2 aromatic heterocycles. The molecular weight excluding hydrogens is 435 g/mol. The fourth-order valence-corrected chi connectivity index (χ4v) is 3.66. The zero-order valence-electron chi connectivity index (χ0n) is 16.1. The summed E-state index contributed by atoms with van der Waals surface area (Å²) in [6, 6.07) is 7.79. The lowest BCUT2D eigenvalue weighted by molar-refractivity contribution is -0.137. The third-order valence-electron chi connectivity index (χ3n) is 4.96. The number of hydrogen-bond acceptors (Lipinski definition) is 6. The topological polar surface area (TPSA) is 80.0 Å². The number of halogens is 4. The first-order valence-electron chi connectivity index (χ1n) is 9.43. The van der Waals surface area contributed by atoms with E-state index in [9.17, 15) is 18.0 Å². The minimum atomic E-state index is -4.50. The van der Waals surface area contributed by atoms with Gasteiger partial charge in [0.2, 0.25) is 0 Å². The number of carbonyl (C=O) groups excluding carboxylic acids is 1. The van der Waals surface area contributed by atoms with Crippen molar-refractivity contribution in [3.05, 3.63) is 59.0 Å². The van der Waals surface area contributed by atoms with Crippen molar-refractivity contribution in [2.75, 3.05) is 31.1 Å². The van der Waals surface area contributed by atoms with E-state index in [1.54, 1.807) is 34.1 Å². The fraction of sp³-hybridized carbons (Fsp3) is 0.316. The third kappa shape index (κ3) is 4.61. The van der Waals surface area contributed by atoms with Crippen molar-refractivity contribution in [1.82, 2.24) is 30.1 Å². The third-order valence-corrected chi connectivity index (χ3v) is 5.24. The van der Waals surface area contributed by atoms with E-state index in [4.69, 9.17) is 11.6 Å². The molecule has 0 radical (unpaired) electrons. The minimum Gasteiger partial charge on any atom is -0.354 e. The maximum absolute atomic E-state index is 12.9. The summed E-state index contributed by atoms with van der Waals surface area (Å²) in [4.78, 5) is 20.3. The quantitative estimate of drug-likeness (QED) is 0.609. The molecule has 0 unspecified atom stereocenters. The Hall–Kier alpha value is -3.21. The van der Waals surface area contributed by atoms with E-state index in [1.807, 2.05) is 0 Å². The van der Waals surface area contributed by atoms with E-state index in [2.05, 4.69) is 20.5 Å². The largest absolute Gasteiger partial charge is 0.417 e. The Morgan fingerprint density at radius 2 is 1.84 bits per heavy atom. The summed E-state index contributed by atoms with van der Waals surface area (Å²) >= 11 is 6.07. The van der Waals surface area contributed by atoms with E-state index < -0.39 is 11.7 Å². The molecule has 8 nitrogen and oxygen atoms in total. The number of anilines is 1. The van der Waals surface area contributed by atoms with E-state index >= 15 is 0 Å². The number of alkyl halides is 3. The zero-order chi connectivity index (χ0) is 22.0. The van der Waals surface area contributed by atoms with Crippen LogP contribution in [0.5, 0.6) is 0 Å². The summed E-state index contributed by atoms with van der Waals surface area (Å²) in [6.07, 6.45) is -1.63. The summed E-state index contributed by atoms with van der Waals surface area (Å²) in [5, 5.41) is 10.9. The first-order chi connectivity index (χ1) is 14.8. The van der Waals surface area contributed by atoms with Gasteiger partial charge in [-0.2, -0.15) is 13.2 Å². The minimum absolute atomic E-state index is 0.0622. The standard InChI is InChI=1S/C19H17ClF3N7O/c20-16-10-14(19(21,22)23)11-24-17(16)28-6-1-7-29(9-8-28)18(31)13-2-4-15(5-3-13)30-12-25-26-27-30/h2-5,10-12H,1,6-9H2. The second-order valence-corrected chi connectivity index (χ2v) is 7.37. The lowest BCUT2D eigenvalue weighted by atomic mass is 10.1. The summed E-state index contributed by atoms with van der Waals surface area (Å²) in [5.74, 6) is 0.159. The fourth-order valence-electron chi connectivity index (χ4n) is 3.37. The van der Waals surface area contributed by atoms with Crippen LogP contribution in [0.2, 0.25) is 5.02 Å². The molecule has 1 fully saturated rings. The van der Waals surface area contributed by atoms with Crippen molar-refractivity contribution in [2.24, 2.45) is 0 Å². The van der Waals surface area contributed by atoms with Gasteiger partial charge in [-0.25, -0.2) is 9.67 Å². The van der Waals surface area contributed by atoms with Crippen LogP contribution in [0.4, 0.5) is 19.0 Å². The number of tetrazole rings is 1. The van der Waals surface area contributed by atoms with Gasteiger partial charge in [0, 0.05) is 37.9 Å². The van der Waals surface area contributed by atoms with Gasteiger partial charge in [0.25, 0.3) is 5.91 Å².